The van der Waals surface area contributed by atoms with Crippen LogP contribution in [0, 0.1) is 5.92 Å². The number of rotatable bonds is 6. The summed E-state index contributed by atoms with van der Waals surface area (Å²) in [5.74, 6) is -1.34. The topological polar surface area (TPSA) is 76.3 Å². The molecule has 8 nitrogen and oxygen atoms in total. The number of aromatic nitrogens is 4. The van der Waals surface area contributed by atoms with Crippen LogP contribution in [0.5, 0.6) is 0 Å². The van der Waals surface area contributed by atoms with Crippen LogP contribution in [0.4, 0.5) is 13.3 Å². The van der Waals surface area contributed by atoms with E-state index in [-0.39, 0.29) is 55.0 Å². The molecule has 2 aliphatic rings. The number of hydrogen-bond acceptors (Lipinski definition) is 4. The van der Waals surface area contributed by atoms with E-state index in [1.165, 1.54) is 20.7 Å². The van der Waals surface area contributed by atoms with Gasteiger partial charge in [0.25, 0.3) is 5.91 Å². The summed E-state index contributed by atoms with van der Waals surface area (Å²) in [7, 11) is 10.2. The molecule has 40 heavy (non-hydrogen) atoms. The lowest BCUT2D eigenvalue weighted by Gasteiger charge is -2.43. The molecule has 5 rings (SSSR count). The van der Waals surface area contributed by atoms with Gasteiger partial charge in [0.1, 0.15) is 16.6 Å². The zero-order chi connectivity index (χ0) is 29.1. The molecule has 3 aromatic rings. The van der Waals surface area contributed by atoms with Gasteiger partial charge < -0.3 is 9.80 Å². The Morgan fingerprint density at radius 3 is 2.35 bits per heavy atom. The second kappa shape index (κ2) is 10.6. The van der Waals surface area contributed by atoms with Crippen LogP contribution in [0.1, 0.15) is 66.4 Å². The number of aryl methyl sites for hydroxylation is 1. The molecule has 0 N–H and O–H groups in total. The summed E-state index contributed by atoms with van der Waals surface area (Å²) in [5, 5.41) is 1.79. The highest BCUT2D eigenvalue weighted by molar-refractivity contribution is 7.28. The standard InChI is InChI=1S/C26H34F3N6O2P3/c1-14(23(36)34-12-26(28,40)13-34)16-4-5-17-19(21(16)38)31-22(35(17)29)20(15-6-9-25(27,39)10-7-15)32(2)24(37)18-8-11-30-33(18)3/h4-5,8,11,14-15,20H,6-7,9-10,12-13,38-40H2,1-3H3/t14-,15?,20-,25?/m0/s1. The highest BCUT2D eigenvalue weighted by atomic mass is 31.0. The van der Waals surface area contributed by atoms with E-state index in [0.717, 1.165) is 0 Å². The van der Waals surface area contributed by atoms with Crippen LogP contribution < -0.4 is 5.30 Å². The number of halogens is 3. The molecule has 216 valence electrons. The van der Waals surface area contributed by atoms with Gasteiger partial charge in [-0.05, 0) is 56.2 Å². The number of likely N-dealkylation sites (tertiary alicyclic amines) is 1. The number of nitrogens with zero attached hydrogens (tertiary/aromatic N) is 6. The Morgan fingerprint density at radius 1 is 1.12 bits per heavy atom. The average molecular weight is 613 g/mol. The molecular weight excluding hydrogens is 578 g/mol. The fourth-order valence-electron chi connectivity index (χ4n) is 5.91. The van der Waals surface area contributed by atoms with Crippen molar-refractivity contribution in [2.75, 3.05) is 20.1 Å². The highest BCUT2D eigenvalue weighted by Crippen LogP contribution is 2.46. The first-order valence-corrected chi connectivity index (χ1v) is 14.9. The summed E-state index contributed by atoms with van der Waals surface area (Å²) in [4.78, 5) is 34.6. The quantitative estimate of drug-likeness (QED) is 0.394. The number of alkyl halides is 2. The number of hydrogen-bond donors (Lipinski definition) is 0. The van der Waals surface area contributed by atoms with Crippen molar-refractivity contribution in [1.29, 1.82) is 0 Å². The maximum Gasteiger partial charge on any atom is 0.272 e. The third-order valence-corrected chi connectivity index (χ3v) is 9.82. The van der Waals surface area contributed by atoms with Crippen molar-refractivity contribution in [3.05, 3.63) is 41.5 Å². The van der Waals surface area contributed by atoms with Gasteiger partial charge in [-0.1, -0.05) is 29.0 Å². The molecule has 1 saturated carbocycles. The van der Waals surface area contributed by atoms with E-state index in [9.17, 15) is 18.4 Å². The molecule has 1 aromatic carbocycles. The minimum atomic E-state index is -1.46. The summed E-state index contributed by atoms with van der Waals surface area (Å²) in [5.41, 5.74) is 1.53. The third kappa shape index (κ3) is 5.30. The van der Waals surface area contributed by atoms with E-state index in [1.54, 1.807) is 39.2 Å². The zero-order valence-electron chi connectivity index (χ0n) is 22.6. The Hall–Kier alpha value is -2.08. The Kier molecular flexibility index (Phi) is 7.82. The number of carbonyl (C=O) groups is 2. The number of fused-ring (bicyclic) bond motifs is 1. The fourth-order valence-corrected chi connectivity index (χ4v) is 7.24. The molecule has 3 unspecified atom stereocenters. The fraction of sp³-hybridized carbons (Fsp3) is 0.538. The van der Waals surface area contributed by atoms with Gasteiger partial charge in [-0.25, -0.2) is 13.8 Å². The van der Waals surface area contributed by atoms with Crippen LogP contribution in [0.3, 0.4) is 0 Å². The van der Waals surface area contributed by atoms with Crippen molar-refractivity contribution in [3.8, 4) is 0 Å². The Morgan fingerprint density at radius 2 is 1.77 bits per heavy atom. The number of amides is 2. The molecule has 1 aliphatic carbocycles. The average Bonchev–Trinajstić information content (AvgIpc) is 3.46. The molecule has 2 aromatic heterocycles. The van der Waals surface area contributed by atoms with Gasteiger partial charge in [-0.2, -0.15) is 9.89 Å². The predicted octanol–water partition coefficient (Wildman–Crippen LogP) is 4.03. The Bertz CT molecular complexity index is 1460. The van der Waals surface area contributed by atoms with E-state index >= 15 is 4.48 Å². The minimum Gasteiger partial charge on any atom is -0.335 e. The first-order chi connectivity index (χ1) is 18.7. The molecule has 2 fully saturated rings. The van der Waals surface area contributed by atoms with Crippen molar-refractivity contribution < 1.29 is 22.9 Å². The van der Waals surface area contributed by atoms with Gasteiger partial charge in [-0.15, -0.1) is 9.24 Å². The summed E-state index contributed by atoms with van der Waals surface area (Å²) in [6, 6.07) is 4.08. The Balaban J connectivity index is 1.53. The van der Waals surface area contributed by atoms with Gasteiger partial charge >= 0.3 is 0 Å². The monoisotopic (exact) mass is 612 g/mol. The Labute approximate surface area is 238 Å². The lowest BCUT2D eigenvalue weighted by atomic mass is 9.81. The van der Waals surface area contributed by atoms with Crippen molar-refractivity contribution >= 4 is 55.9 Å². The van der Waals surface area contributed by atoms with Crippen LogP contribution in [-0.4, -0.2) is 72.1 Å². The van der Waals surface area contributed by atoms with E-state index in [2.05, 4.69) is 32.8 Å². The van der Waals surface area contributed by atoms with Crippen molar-refractivity contribution in [2.45, 2.75) is 55.4 Å². The highest BCUT2D eigenvalue weighted by Gasteiger charge is 2.44. The molecular formula is C26H34F3N6O2P3. The summed E-state index contributed by atoms with van der Waals surface area (Å²) >= 11 is 0. The van der Waals surface area contributed by atoms with E-state index in [0.29, 0.717) is 39.7 Å². The van der Waals surface area contributed by atoms with Gasteiger partial charge in [0.05, 0.1) is 30.6 Å². The molecule has 3 heterocycles. The van der Waals surface area contributed by atoms with Crippen LogP contribution in [0.15, 0.2) is 24.4 Å². The molecule has 5 atom stereocenters. The molecule has 14 heteroatoms. The molecule has 1 aliphatic heterocycles. The van der Waals surface area contributed by atoms with Gasteiger partial charge in [0, 0.05) is 25.6 Å². The molecule has 0 bridgehead atoms. The van der Waals surface area contributed by atoms with Crippen LogP contribution in [0.2, 0.25) is 0 Å². The minimum absolute atomic E-state index is 0.00899. The predicted molar refractivity (Wildman–Crippen MR) is 158 cm³/mol. The van der Waals surface area contributed by atoms with Crippen LogP contribution >= 0.6 is 27.7 Å². The smallest absolute Gasteiger partial charge is 0.272 e. The number of benzene rings is 1. The van der Waals surface area contributed by atoms with Gasteiger partial charge in [-0.3, -0.25) is 14.3 Å². The van der Waals surface area contributed by atoms with E-state index in [4.69, 9.17) is 4.98 Å². The van der Waals surface area contributed by atoms with Crippen molar-refractivity contribution in [2.24, 2.45) is 13.0 Å². The third-order valence-electron chi connectivity index (χ3n) is 8.27. The lowest BCUT2D eigenvalue weighted by Crippen LogP contribution is -2.58. The number of carbonyl (C=O) groups excluding carboxylic acids is 2. The SMILES string of the molecule is C[C@H](C(=O)N1CC(F)(P)C1)c1ccc2c(nc([C@H](C3CCC(F)(P)CC3)N(C)C(=O)c3ccnn3C)n2F)c1P. The molecule has 1 saturated heterocycles. The summed E-state index contributed by atoms with van der Waals surface area (Å²) in [6.45, 7) is 1.76. The lowest BCUT2D eigenvalue weighted by molar-refractivity contribution is -0.141. The van der Waals surface area contributed by atoms with Crippen LogP contribution in [0.25, 0.3) is 11.0 Å². The van der Waals surface area contributed by atoms with E-state index < -0.39 is 22.8 Å². The zero-order valence-corrected chi connectivity index (χ0v) is 26.1. The summed E-state index contributed by atoms with van der Waals surface area (Å²) in [6.07, 6.45) is 2.95. The normalized spacial score (nSPS) is 24.0. The maximum atomic E-state index is 16.1. The van der Waals surface area contributed by atoms with E-state index in [1.807, 2.05) is 0 Å². The second-order valence-corrected chi connectivity index (χ2v) is 13.9. The van der Waals surface area contributed by atoms with Crippen molar-refractivity contribution in [1.82, 2.24) is 29.4 Å². The molecule has 0 spiro atoms. The summed E-state index contributed by atoms with van der Waals surface area (Å²) < 4.78 is 46.2. The molecule has 0 radical (unpaired) electrons. The van der Waals surface area contributed by atoms with Crippen molar-refractivity contribution in [3.63, 3.8) is 0 Å². The van der Waals surface area contributed by atoms with Crippen LogP contribution in [-0.2, 0) is 11.8 Å². The van der Waals surface area contributed by atoms with Gasteiger partial charge in [0.2, 0.25) is 5.91 Å². The van der Waals surface area contributed by atoms with Gasteiger partial charge in [0.15, 0.2) is 11.2 Å². The molecule has 2 amide bonds. The largest absolute Gasteiger partial charge is 0.335 e. The first-order valence-electron chi connectivity index (χ1n) is 13.2. The first kappa shape index (κ1) is 29.4. The maximum absolute atomic E-state index is 16.1. The second-order valence-electron chi connectivity index (χ2n) is 11.2. The number of imidazole rings is 1.